The summed E-state index contributed by atoms with van der Waals surface area (Å²) in [4.78, 5) is 26.1. The molecule has 3 rings (SSSR count). The molecule has 1 heterocycles. The lowest BCUT2D eigenvalue weighted by Crippen LogP contribution is -2.29. The molecule has 0 saturated heterocycles. The first kappa shape index (κ1) is 13.5. The summed E-state index contributed by atoms with van der Waals surface area (Å²) in [5.41, 5.74) is 2.49. The van der Waals surface area contributed by atoms with E-state index in [1.165, 1.54) is 4.90 Å². The monoisotopic (exact) mass is 393 g/mol. The second kappa shape index (κ2) is 4.82. The van der Waals surface area contributed by atoms with Crippen molar-refractivity contribution in [2.45, 2.75) is 6.92 Å². The second-order valence-corrected chi connectivity index (χ2v) is 6.36. The maximum atomic E-state index is 12.5. The molecule has 0 saturated carbocycles. The summed E-state index contributed by atoms with van der Waals surface area (Å²) >= 11 is 6.74. The number of carbonyl (C=O) groups excluding carboxylic acids is 2. The van der Waals surface area contributed by atoms with Crippen LogP contribution in [0.15, 0.2) is 45.3 Å². The molecule has 1 aliphatic rings. The standard InChI is InChI=1S/C15H9Br2NO2/c1-8-2-5-13(12(17)6-8)18-14(19)10-4-3-9(16)7-11(10)15(18)20/h2-7H,1H3. The first-order valence-corrected chi connectivity index (χ1v) is 7.52. The van der Waals surface area contributed by atoms with Crippen LogP contribution in [-0.4, -0.2) is 11.8 Å². The fourth-order valence-corrected chi connectivity index (χ4v) is 3.26. The van der Waals surface area contributed by atoms with Crippen molar-refractivity contribution in [1.82, 2.24) is 0 Å². The van der Waals surface area contributed by atoms with Gasteiger partial charge in [0.15, 0.2) is 0 Å². The average Bonchev–Trinajstić information content (AvgIpc) is 2.63. The van der Waals surface area contributed by atoms with E-state index in [-0.39, 0.29) is 11.8 Å². The number of hydrogen-bond donors (Lipinski definition) is 0. The molecule has 3 nitrogen and oxygen atoms in total. The Kier molecular flexibility index (Phi) is 3.26. The Morgan fingerprint density at radius 3 is 2.30 bits per heavy atom. The number of hydrogen-bond acceptors (Lipinski definition) is 2. The Hall–Kier alpha value is -1.46. The van der Waals surface area contributed by atoms with Gasteiger partial charge in [-0.3, -0.25) is 9.59 Å². The summed E-state index contributed by atoms with van der Waals surface area (Å²) in [6.07, 6.45) is 0. The maximum absolute atomic E-state index is 12.5. The van der Waals surface area contributed by atoms with E-state index in [1.54, 1.807) is 24.3 Å². The van der Waals surface area contributed by atoms with Crippen LogP contribution < -0.4 is 4.90 Å². The molecule has 0 spiro atoms. The van der Waals surface area contributed by atoms with E-state index >= 15 is 0 Å². The minimum atomic E-state index is -0.296. The molecule has 20 heavy (non-hydrogen) atoms. The fourth-order valence-electron chi connectivity index (χ4n) is 2.23. The molecule has 100 valence electrons. The van der Waals surface area contributed by atoms with Crippen LogP contribution in [0.1, 0.15) is 26.3 Å². The van der Waals surface area contributed by atoms with E-state index in [9.17, 15) is 9.59 Å². The van der Waals surface area contributed by atoms with Crippen LogP contribution in [0.2, 0.25) is 0 Å². The van der Waals surface area contributed by atoms with Gasteiger partial charge in [-0.2, -0.15) is 0 Å². The molecular weight excluding hydrogens is 386 g/mol. The highest BCUT2D eigenvalue weighted by Crippen LogP contribution is 2.34. The number of halogens is 2. The van der Waals surface area contributed by atoms with Crippen molar-refractivity contribution in [3.05, 3.63) is 62.0 Å². The van der Waals surface area contributed by atoms with Gasteiger partial charge in [0.2, 0.25) is 0 Å². The lowest BCUT2D eigenvalue weighted by Gasteiger charge is -2.16. The molecule has 0 radical (unpaired) electrons. The number of rotatable bonds is 1. The van der Waals surface area contributed by atoms with Gasteiger partial charge in [-0.1, -0.05) is 22.0 Å². The predicted octanol–water partition coefficient (Wildman–Crippen LogP) is 4.32. The summed E-state index contributed by atoms with van der Waals surface area (Å²) in [6.45, 7) is 1.95. The Balaban J connectivity index is 2.14. The number of fused-ring (bicyclic) bond motifs is 1. The van der Waals surface area contributed by atoms with Crippen LogP contribution in [0.5, 0.6) is 0 Å². The molecular formula is C15H9Br2NO2. The summed E-state index contributed by atoms with van der Waals surface area (Å²) in [7, 11) is 0. The molecule has 0 aromatic heterocycles. The smallest absolute Gasteiger partial charge is 0.266 e. The van der Waals surface area contributed by atoms with Gasteiger partial charge in [0.05, 0.1) is 16.8 Å². The highest BCUT2D eigenvalue weighted by atomic mass is 79.9. The molecule has 0 aliphatic carbocycles. The first-order chi connectivity index (χ1) is 9.49. The second-order valence-electron chi connectivity index (χ2n) is 4.59. The van der Waals surface area contributed by atoms with Crippen molar-refractivity contribution in [1.29, 1.82) is 0 Å². The van der Waals surface area contributed by atoms with Crippen molar-refractivity contribution < 1.29 is 9.59 Å². The van der Waals surface area contributed by atoms with Crippen molar-refractivity contribution >= 4 is 49.4 Å². The Morgan fingerprint density at radius 2 is 1.60 bits per heavy atom. The molecule has 2 aromatic rings. The zero-order valence-electron chi connectivity index (χ0n) is 10.5. The average molecular weight is 395 g/mol. The minimum Gasteiger partial charge on any atom is -0.268 e. The Morgan fingerprint density at radius 1 is 0.900 bits per heavy atom. The minimum absolute atomic E-state index is 0.290. The number of aryl methyl sites for hydroxylation is 1. The largest absolute Gasteiger partial charge is 0.268 e. The zero-order chi connectivity index (χ0) is 14.4. The summed E-state index contributed by atoms with van der Waals surface area (Å²) in [5.74, 6) is -0.585. The summed E-state index contributed by atoms with van der Waals surface area (Å²) in [6, 6.07) is 10.6. The fraction of sp³-hybridized carbons (Fsp3) is 0.0667. The number of nitrogens with zero attached hydrogens (tertiary/aromatic N) is 1. The maximum Gasteiger partial charge on any atom is 0.266 e. The predicted molar refractivity (Wildman–Crippen MR) is 84.2 cm³/mol. The molecule has 0 bridgehead atoms. The molecule has 1 aliphatic heterocycles. The summed E-state index contributed by atoms with van der Waals surface area (Å²) < 4.78 is 1.51. The van der Waals surface area contributed by atoms with Gasteiger partial charge in [-0.05, 0) is 58.7 Å². The first-order valence-electron chi connectivity index (χ1n) is 5.93. The van der Waals surface area contributed by atoms with Crippen molar-refractivity contribution in [3.63, 3.8) is 0 Å². The van der Waals surface area contributed by atoms with Gasteiger partial charge in [0.1, 0.15) is 0 Å². The molecule has 5 heteroatoms. The van der Waals surface area contributed by atoms with Crippen molar-refractivity contribution in [2.24, 2.45) is 0 Å². The summed E-state index contributed by atoms with van der Waals surface area (Å²) in [5, 5.41) is 0. The molecule has 0 fully saturated rings. The lowest BCUT2D eigenvalue weighted by molar-refractivity contribution is 0.0926. The topological polar surface area (TPSA) is 37.4 Å². The Labute approximate surface area is 132 Å². The van der Waals surface area contributed by atoms with Crippen molar-refractivity contribution in [2.75, 3.05) is 4.90 Å². The lowest BCUT2D eigenvalue weighted by atomic mass is 10.1. The van der Waals surface area contributed by atoms with E-state index in [0.717, 1.165) is 14.5 Å². The van der Waals surface area contributed by atoms with E-state index in [0.29, 0.717) is 16.8 Å². The Bertz CT molecular complexity index is 756. The van der Waals surface area contributed by atoms with Crippen LogP contribution >= 0.6 is 31.9 Å². The van der Waals surface area contributed by atoms with Crippen molar-refractivity contribution in [3.8, 4) is 0 Å². The van der Waals surface area contributed by atoms with Gasteiger partial charge >= 0.3 is 0 Å². The normalized spacial score (nSPS) is 13.8. The third kappa shape index (κ3) is 2.01. The number of carbonyl (C=O) groups is 2. The molecule has 0 N–H and O–H groups in total. The SMILES string of the molecule is Cc1ccc(N2C(=O)c3ccc(Br)cc3C2=O)c(Br)c1. The molecule has 0 unspecified atom stereocenters. The molecule has 0 atom stereocenters. The highest BCUT2D eigenvalue weighted by Gasteiger charge is 2.37. The van der Waals surface area contributed by atoms with Crippen LogP contribution in [0, 0.1) is 6.92 Å². The van der Waals surface area contributed by atoms with E-state index in [2.05, 4.69) is 31.9 Å². The van der Waals surface area contributed by atoms with Crippen LogP contribution in [0.3, 0.4) is 0 Å². The van der Waals surface area contributed by atoms with E-state index < -0.39 is 0 Å². The number of amides is 2. The van der Waals surface area contributed by atoms with Gasteiger partial charge in [-0.15, -0.1) is 0 Å². The van der Waals surface area contributed by atoms with E-state index in [1.807, 2.05) is 19.1 Å². The van der Waals surface area contributed by atoms with Crippen LogP contribution in [0.25, 0.3) is 0 Å². The number of benzene rings is 2. The third-order valence-electron chi connectivity index (χ3n) is 3.19. The van der Waals surface area contributed by atoms with Gasteiger partial charge in [0.25, 0.3) is 11.8 Å². The van der Waals surface area contributed by atoms with Crippen LogP contribution in [-0.2, 0) is 0 Å². The number of imide groups is 1. The van der Waals surface area contributed by atoms with Gasteiger partial charge in [0, 0.05) is 8.95 Å². The quantitative estimate of drug-likeness (QED) is 0.675. The number of anilines is 1. The third-order valence-corrected chi connectivity index (χ3v) is 4.32. The van der Waals surface area contributed by atoms with E-state index in [4.69, 9.17) is 0 Å². The molecule has 2 amide bonds. The van der Waals surface area contributed by atoms with Gasteiger partial charge < -0.3 is 0 Å². The highest BCUT2D eigenvalue weighted by molar-refractivity contribution is 9.10. The molecule has 2 aromatic carbocycles. The van der Waals surface area contributed by atoms with Gasteiger partial charge in [-0.25, -0.2) is 4.90 Å². The zero-order valence-corrected chi connectivity index (χ0v) is 13.7. The van der Waals surface area contributed by atoms with Crippen LogP contribution in [0.4, 0.5) is 5.69 Å².